The molecule has 3 N–H and O–H groups in total. The lowest BCUT2D eigenvalue weighted by Gasteiger charge is -2.24. The van der Waals surface area contributed by atoms with Crippen LogP contribution in [0.1, 0.15) is 40.5 Å². The molecule has 10 heteroatoms. The summed E-state index contributed by atoms with van der Waals surface area (Å²) < 4.78 is 32.5. The number of nitrogens with two attached hydrogens (primary N) is 1. The number of amides is 2. The van der Waals surface area contributed by atoms with Gasteiger partial charge in [0.05, 0.1) is 31.3 Å². The highest BCUT2D eigenvalue weighted by molar-refractivity contribution is 6.30. The van der Waals surface area contributed by atoms with Gasteiger partial charge >= 0.3 is 0 Å². The molecule has 2 atom stereocenters. The molecule has 0 bridgehead atoms. The van der Waals surface area contributed by atoms with E-state index < -0.39 is 29.8 Å². The molecule has 2 unspecified atom stereocenters. The number of hydrogen-bond donors (Lipinski definition) is 2. The zero-order chi connectivity index (χ0) is 32.9. The smallest absolute Gasteiger partial charge is 0.257 e. The SMILES string of the molecule is COc1ccccc1-c1ccc(CN2C(=O)C(CC(=O)NCc3ccccc3F)OC(c3cccc(CN)c3)c3cc(Cl)ccc32)o1. The van der Waals surface area contributed by atoms with Gasteiger partial charge in [0.15, 0.2) is 0 Å². The Morgan fingerprint density at radius 2 is 1.81 bits per heavy atom. The lowest BCUT2D eigenvalue weighted by atomic mass is 9.97. The molecule has 2 amide bonds. The fourth-order valence-corrected chi connectivity index (χ4v) is 5.88. The number of carbonyl (C=O) groups excluding carboxylic acids is 2. The van der Waals surface area contributed by atoms with Crippen LogP contribution in [0.2, 0.25) is 5.02 Å². The van der Waals surface area contributed by atoms with E-state index >= 15 is 0 Å². The highest BCUT2D eigenvalue weighted by Gasteiger charge is 2.38. The number of halogens is 2. The van der Waals surface area contributed by atoms with E-state index in [1.807, 2.05) is 54.6 Å². The minimum Gasteiger partial charge on any atom is -0.496 e. The van der Waals surface area contributed by atoms with E-state index in [-0.39, 0.29) is 19.5 Å². The van der Waals surface area contributed by atoms with Crippen molar-refractivity contribution < 1.29 is 27.9 Å². The van der Waals surface area contributed by atoms with E-state index in [9.17, 15) is 14.0 Å². The standard InChI is InChI=1S/C37H33ClFN3O5/c1-45-32-12-5-3-10-28(32)33-16-14-27(46-33)22-42-31-15-13-26(38)18-29(31)36(24-9-6-7-23(17-24)20-40)47-34(37(42)44)19-35(43)41-21-25-8-2-4-11-30(25)39/h2-18,34,36H,19-22,40H2,1H3,(H,41,43). The van der Waals surface area contributed by atoms with Crippen molar-refractivity contribution in [1.82, 2.24) is 5.32 Å². The summed E-state index contributed by atoms with van der Waals surface area (Å²) in [5, 5.41) is 3.19. The van der Waals surface area contributed by atoms with Crippen molar-refractivity contribution in [2.45, 2.75) is 38.3 Å². The molecular weight excluding hydrogens is 621 g/mol. The normalized spacial score (nSPS) is 16.0. The molecular formula is C37H33ClFN3O5. The number of methoxy groups -OCH3 is 1. The fraction of sp³-hybridized carbons (Fsp3) is 0.189. The van der Waals surface area contributed by atoms with Crippen molar-refractivity contribution >= 4 is 29.1 Å². The summed E-state index contributed by atoms with van der Waals surface area (Å²) in [4.78, 5) is 29.2. The highest BCUT2D eigenvalue weighted by atomic mass is 35.5. The number of ether oxygens (including phenoxy) is 2. The predicted octanol–water partition coefficient (Wildman–Crippen LogP) is 6.93. The van der Waals surface area contributed by atoms with E-state index in [0.29, 0.717) is 45.7 Å². The maximum absolute atomic E-state index is 14.4. The zero-order valence-electron chi connectivity index (χ0n) is 25.6. The summed E-state index contributed by atoms with van der Waals surface area (Å²) in [7, 11) is 1.59. The van der Waals surface area contributed by atoms with E-state index in [1.54, 1.807) is 54.5 Å². The van der Waals surface area contributed by atoms with Gasteiger partial charge in [-0.05, 0) is 59.7 Å². The van der Waals surface area contributed by atoms with Crippen LogP contribution in [0.3, 0.4) is 0 Å². The molecule has 0 saturated heterocycles. The quantitative estimate of drug-likeness (QED) is 0.169. The summed E-state index contributed by atoms with van der Waals surface area (Å²) >= 11 is 6.51. The van der Waals surface area contributed by atoms with Crippen LogP contribution in [-0.4, -0.2) is 25.0 Å². The second-order valence-electron chi connectivity index (χ2n) is 11.1. The van der Waals surface area contributed by atoms with Gasteiger partial charge in [-0.1, -0.05) is 66.2 Å². The Balaban J connectivity index is 1.36. The molecule has 0 fully saturated rings. The molecule has 0 saturated carbocycles. The van der Waals surface area contributed by atoms with E-state index in [0.717, 1.165) is 16.7 Å². The van der Waals surface area contributed by atoms with Gasteiger partial charge in [0.1, 0.15) is 35.3 Å². The number of anilines is 1. The third kappa shape index (κ3) is 7.07. The van der Waals surface area contributed by atoms with Crippen molar-refractivity contribution in [2.24, 2.45) is 5.73 Å². The molecule has 2 heterocycles. The third-order valence-corrected chi connectivity index (χ3v) is 8.28. The summed E-state index contributed by atoms with van der Waals surface area (Å²) in [6.45, 7) is 0.323. The molecule has 0 spiro atoms. The van der Waals surface area contributed by atoms with Crippen LogP contribution in [0.4, 0.5) is 10.1 Å². The van der Waals surface area contributed by atoms with Gasteiger partial charge in [-0.15, -0.1) is 0 Å². The Labute approximate surface area is 276 Å². The van der Waals surface area contributed by atoms with Crippen molar-refractivity contribution in [3.8, 4) is 17.1 Å². The first-order valence-corrected chi connectivity index (χ1v) is 15.5. The number of carbonyl (C=O) groups is 2. The van der Waals surface area contributed by atoms with Gasteiger partial charge in [-0.3, -0.25) is 9.59 Å². The number of nitrogens with zero attached hydrogens (tertiary/aromatic N) is 1. The number of fused-ring (bicyclic) bond motifs is 1. The molecule has 1 aliphatic heterocycles. The fourth-order valence-electron chi connectivity index (χ4n) is 5.70. The Hall–Kier alpha value is -4.96. The molecule has 1 aromatic heterocycles. The number of furan rings is 1. The van der Waals surface area contributed by atoms with Gasteiger partial charge in [-0.2, -0.15) is 0 Å². The topological polar surface area (TPSA) is 107 Å². The first kappa shape index (κ1) is 32.0. The molecule has 8 nitrogen and oxygen atoms in total. The highest BCUT2D eigenvalue weighted by Crippen LogP contribution is 2.41. The average molecular weight is 654 g/mol. The Morgan fingerprint density at radius 3 is 2.62 bits per heavy atom. The van der Waals surface area contributed by atoms with Crippen LogP contribution in [0.15, 0.2) is 108 Å². The van der Waals surface area contributed by atoms with Crippen LogP contribution in [0.5, 0.6) is 5.75 Å². The molecule has 1 aliphatic rings. The first-order chi connectivity index (χ1) is 22.8. The molecule has 47 heavy (non-hydrogen) atoms. The van der Waals surface area contributed by atoms with Gasteiger partial charge < -0.3 is 29.8 Å². The average Bonchev–Trinajstić information content (AvgIpc) is 3.53. The Morgan fingerprint density at radius 1 is 1.00 bits per heavy atom. The number of hydrogen-bond acceptors (Lipinski definition) is 6. The minimum atomic E-state index is -1.20. The van der Waals surface area contributed by atoms with Gasteiger partial charge in [0, 0.05) is 29.2 Å². The van der Waals surface area contributed by atoms with Gasteiger partial charge in [0.25, 0.3) is 5.91 Å². The van der Waals surface area contributed by atoms with E-state index in [4.69, 9.17) is 31.2 Å². The number of benzene rings is 4. The maximum Gasteiger partial charge on any atom is 0.257 e. The lowest BCUT2D eigenvalue weighted by molar-refractivity contribution is -0.138. The van der Waals surface area contributed by atoms with Gasteiger partial charge in [0.2, 0.25) is 5.91 Å². The molecule has 0 radical (unpaired) electrons. The molecule has 5 aromatic rings. The summed E-state index contributed by atoms with van der Waals surface area (Å²) in [6, 6.07) is 30.1. The van der Waals surface area contributed by atoms with Crippen molar-refractivity contribution in [3.63, 3.8) is 0 Å². The Bertz CT molecular complexity index is 1910. The van der Waals surface area contributed by atoms with Crippen LogP contribution < -0.4 is 20.7 Å². The molecule has 4 aromatic carbocycles. The Kier molecular flexibility index (Phi) is 9.68. The van der Waals surface area contributed by atoms with Crippen molar-refractivity contribution in [1.29, 1.82) is 0 Å². The van der Waals surface area contributed by atoms with Crippen LogP contribution in [0, 0.1) is 5.82 Å². The lowest BCUT2D eigenvalue weighted by Crippen LogP contribution is -2.41. The van der Waals surface area contributed by atoms with Gasteiger partial charge in [-0.25, -0.2) is 4.39 Å². The maximum atomic E-state index is 14.4. The van der Waals surface area contributed by atoms with E-state index in [1.165, 1.54) is 6.07 Å². The largest absolute Gasteiger partial charge is 0.496 e. The monoisotopic (exact) mass is 653 g/mol. The van der Waals surface area contributed by atoms with Crippen LogP contribution >= 0.6 is 11.6 Å². The zero-order valence-corrected chi connectivity index (χ0v) is 26.4. The van der Waals surface area contributed by atoms with Crippen molar-refractivity contribution in [3.05, 3.63) is 142 Å². The summed E-state index contributed by atoms with van der Waals surface area (Å²) in [5.41, 5.74) is 9.88. The van der Waals surface area contributed by atoms with Crippen LogP contribution in [0.25, 0.3) is 11.3 Å². The molecule has 240 valence electrons. The summed E-state index contributed by atoms with van der Waals surface area (Å²) in [5.74, 6) is 0.388. The molecule has 0 aliphatic carbocycles. The van der Waals surface area contributed by atoms with Crippen LogP contribution in [-0.2, 0) is 34.0 Å². The third-order valence-electron chi connectivity index (χ3n) is 8.05. The summed E-state index contributed by atoms with van der Waals surface area (Å²) in [6.07, 6.45) is -2.25. The molecule has 6 rings (SSSR count). The predicted molar refractivity (Wildman–Crippen MR) is 177 cm³/mol. The number of rotatable bonds is 10. The second kappa shape index (κ2) is 14.2. The first-order valence-electron chi connectivity index (χ1n) is 15.1. The number of para-hydroxylation sites is 1. The van der Waals surface area contributed by atoms with E-state index in [2.05, 4.69) is 5.32 Å². The van der Waals surface area contributed by atoms with Crippen molar-refractivity contribution in [2.75, 3.05) is 12.0 Å². The number of nitrogens with one attached hydrogen (secondary N) is 1. The minimum absolute atomic E-state index is 0.0357. The second-order valence-corrected chi connectivity index (χ2v) is 11.6.